The minimum atomic E-state index is -0.477. The quantitative estimate of drug-likeness (QED) is 0.799. The van der Waals surface area contributed by atoms with Crippen LogP contribution in [0, 0.1) is 5.92 Å². The molecule has 2 unspecified atom stereocenters. The van der Waals surface area contributed by atoms with Crippen molar-refractivity contribution in [1.82, 2.24) is 0 Å². The van der Waals surface area contributed by atoms with Crippen LogP contribution in [0.1, 0.15) is 39.5 Å². The van der Waals surface area contributed by atoms with Gasteiger partial charge in [0.25, 0.3) is 0 Å². The van der Waals surface area contributed by atoms with Crippen LogP contribution in [-0.4, -0.2) is 17.4 Å². The number of carbonyl (C=O) groups excluding carboxylic acids is 2. The van der Waals surface area contributed by atoms with Crippen molar-refractivity contribution in [1.29, 1.82) is 0 Å². The molecule has 2 atom stereocenters. The van der Waals surface area contributed by atoms with Crippen LogP contribution in [0.5, 0.6) is 0 Å². The minimum absolute atomic E-state index is 0.0826. The van der Waals surface area contributed by atoms with Crippen molar-refractivity contribution in [2.75, 3.05) is 10.6 Å². The summed E-state index contributed by atoms with van der Waals surface area (Å²) in [5.41, 5.74) is 6.86. The summed E-state index contributed by atoms with van der Waals surface area (Å²) in [5.74, 6) is -0.505. The van der Waals surface area contributed by atoms with E-state index >= 15 is 0 Å². The third-order valence-corrected chi connectivity index (χ3v) is 4.44. The van der Waals surface area contributed by atoms with Crippen molar-refractivity contribution in [3.05, 3.63) is 23.2 Å². The lowest BCUT2D eigenvalue weighted by Gasteiger charge is -2.37. The number of rotatable bonds is 3. The van der Waals surface area contributed by atoms with E-state index in [0.29, 0.717) is 16.4 Å². The van der Waals surface area contributed by atoms with Crippen LogP contribution in [0.25, 0.3) is 0 Å². The van der Waals surface area contributed by atoms with E-state index in [4.69, 9.17) is 17.3 Å². The fourth-order valence-electron chi connectivity index (χ4n) is 2.91. The van der Waals surface area contributed by atoms with E-state index in [1.807, 2.05) is 6.92 Å². The second-order valence-electron chi connectivity index (χ2n) is 6.17. The summed E-state index contributed by atoms with van der Waals surface area (Å²) in [6.45, 7) is 3.34. The van der Waals surface area contributed by atoms with Gasteiger partial charge in [0.15, 0.2) is 0 Å². The van der Waals surface area contributed by atoms with Gasteiger partial charge in [0.2, 0.25) is 11.8 Å². The minimum Gasteiger partial charge on any atom is -0.326 e. The molecule has 0 heterocycles. The summed E-state index contributed by atoms with van der Waals surface area (Å²) in [4.78, 5) is 23.6. The highest BCUT2D eigenvalue weighted by atomic mass is 35.5. The highest BCUT2D eigenvalue weighted by molar-refractivity contribution is 6.33. The van der Waals surface area contributed by atoms with Gasteiger partial charge >= 0.3 is 0 Å². The lowest BCUT2D eigenvalue weighted by molar-refractivity contribution is -0.122. The summed E-state index contributed by atoms with van der Waals surface area (Å²) in [6.07, 6.45) is 3.72. The van der Waals surface area contributed by atoms with Crippen LogP contribution in [0.15, 0.2) is 18.2 Å². The summed E-state index contributed by atoms with van der Waals surface area (Å²) in [6, 6.07) is 5.01. The molecule has 0 saturated heterocycles. The maximum atomic E-state index is 12.5. The van der Waals surface area contributed by atoms with Crippen molar-refractivity contribution in [2.24, 2.45) is 11.7 Å². The Labute approximate surface area is 135 Å². The molecule has 2 rings (SSSR count). The maximum absolute atomic E-state index is 12.5. The topological polar surface area (TPSA) is 84.2 Å². The van der Waals surface area contributed by atoms with Crippen LogP contribution < -0.4 is 16.4 Å². The molecule has 22 heavy (non-hydrogen) atoms. The number of nitrogens with two attached hydrogens (primary N) is 1. The van der Waals surface area contributed by atoms with Gasteiger partial charge in [-0.25, -0.2) is 0 Å². The highest BCUT2D eigenvalue weighted by Gasteiger charge is 2.37. The first kappa shape index (κ1) is 16.8. The molecule has 2 amide bonds. The molecule has 6 heteroatoms. The van der Waals surface area contributed by atoms with Gasteiger partial charge in [0.05, 0.1) is 16.6 Å². The van der Waals surface area contributed by atoms with Crippen molar-refractivity contribution in [3.63, 3.8) is 0 Å². The van der Waals surface area contributed by atoms with E-state index in [9.17, 15) is 9.59 Å². The Bertz CT molecular complexity index is 587. The van der Waals surface area contributed by atoms with E-state index in [1.165, 1.54) is 6.92 Å². The predicted octanol–water partition coefficient (Wildman–Crippen LogP) is 3.14. The second-order valence-corrected chi connectivity index (χ2v) is 6.58. The molecule has 0 radical (unpaired) electrons. The summed E-state index contributed by atoms with van der Waals surface area (Å²) < 4.78 is 0. The van der Waals surface area contributed by atoms with Gasteiger partial charge in [-0.3, -0.25) is 9.59 Å². The van der Waals surface area contributed by atoms with Crippen LogP contribution in [0.4, 0.5) is 11.4 Å². The number of nitrogens with one attached hydrogen (secondary N) is 2. The number of amides is 2. The van der Waals surface area contributed by atoms with E-state index in [0.717, 1.165) is 25.7 Å². The first-order chi connectivity index (χ1) is 10.3. The number of hydrogen-bond acceptors (Lipinski definition) is 3. The summed E-state index contributed by atoms with van der Waals surface area (Å²) in [7, 11) is 0. The van der Waals surface area contributed by atoms with Gasteiger partial charge in [-0.1, -0.05) is 24.4 Å². The monoisotopic (exact) mass is 323 g/mol. The molecule has 0 aromatic heterocycles. The van der Waals surface area contributed by atoms with E-state index in [1.54, 1.807) is 18.2 Å². The van der Waals surface area contributed by atoms with Crippen molar-refractivity contribution < 1.29 is 9.59 Å². The second kappa shape index (κ2) is 6.67. The molecule has 120 valence electrons. The lowest BCUT2D eigenvalue weighted by atomic mass is 9.74. The molecule has 1 aromatic carbocycles. The third-order valence-electron chi connectivity index (χ3n) is 4.12. The molecule has 1 aliphatic carbocycles. The van der Waals surface area contributed by atoms with Crippen LogP contribution in [-0.2, 0) is 9.59 Å². The number of hydrogen-bond donors (Lipinski definition) is 3. The van der Waals surface area contributed by atoms with Crippen LogP contribution in [0.2, 0.25) is 5.02 Å². The van der Waals surface area contributed by atoms with E-state index in [2.05, 4.69) is 10.6 Å². The highest BCUT2D eigenvalue weighted by Crippen LogP contribution is 2.33. The maximum Gasteiger partial charge on any atom is 0.229 e. The molecular weight excluding hydrogens is 302 g/mol. The standard InChI is InChI=1S/C16H22ClN3O2/c1-10(21)19-14-9-11(6-7-13(14)17)20-15(22)12-5-3-4-8-16(12,2)18/h6-7,9,12H,3-5,8,18H2,1-2H3,(H,19,21)(H,20,22). The lowest BCUT2D eigenvalue weighted by Crippen LogP contribution is -2.51. The first-order valence-electron chi connectivity index (χ1n) is 7.46. The van der Waals surface area contributed by atoms with Gasteiger partial charge in [-0.2, -0.15) is 0 Å². The summed E-state index contributed by atoms with van der Waals surface area (Å²) in [5, 5.41) is 5.94. The Hall–Kier alpha value is -1.59. The first-order valence-corrected chi connectivity index (χ1v) is 7.84. The van der Waals surface area contributed by atoms with E-state index < -0.39 is 5.54 Å². The third kappa shape index (κ3) is 3.99. The predicted molar refractivity (Wildman–Crippen MR) is 88.9 cm³/mol. The molecule has 1 saturated carbocycles. The van der Waals surface area contributed by atoms with Gasteiger partial charge in [0, 0.05) is 18.2 Å². The zero-order valence-electron chi connectivity index (χ0n) is 12.9. The number of carbonyl (C=O) groups is 2. The fourth-order valence-corrected chi connectivity index (χ4v) is 3.07. The van der Waals surface area contributed by atoms with Crippen LogP contribution in [0.3, 0.4) is 0 Å². The van der Waals surface area contributed by atoms with Crippen molar-refractivity contribution >= 4 is 34.8 Å². The molecule has 5 nitrogen and oxygen atoms in total. The van der Waals surface area contributed by atoms with Gasteiger partial charge < -0.3 is 16.4 Å². The van der Waals surface area contributed by atoms with Gasteiger partial charge in [-0.15, -0.1) is 0 Å². The Morgan fingerprint density at radius 2 is 2.05 bits per heavy atom. The molecule has 0 aliphatic heterocycles. The van der Waals surface area contributed by atoms with Crippen molar-refractivity contribution in [3.8, 4) is 0 Å². The fraction of sp³-hybridized carbons (Fsp3) is 0.500. The zero-order valence-corrected chi connectivity index (χ0v) is 13.7. The molecule has 4 N–H and O–H groups in total. The Kier molecular flexibility index (Phi) is 5.08. The molecule has 1 fully saturated rings. The molecule has 1 aromatic rings. The Balaban J connectivity index is 2.13. The average Bonchev–Trinajstić information content (AvgIpc) is 2.41. The van der Waals surface area contributed by atoms with E-state index in [-0.39, 0.29) is 17.7 Å². The largest absolute Gasteiger partial charge is 0.326 e. The number of halogens is 1. The van der Waals surface area contributed by atoms with Crippen molar-refractivity contribution in [2.45, 2.75) is 45.1 Å². The molecule has 0 bridgehead atoms. The molecular formula is C16H22ClN3O2. The molecule has 1 aliphatic rings. The Morgan fingerprint density at radius 3 is 2.68 bits per heavy atom. The van der Waals surface area contributed by atoms with Gasteiger partial charge in [-0.05, 0) is 38.0 Å². The number of anilines is 2. The Morgan fingerprint density at radius 1 is 1.32 bits per heavy atom. The normalized spacial score (nSPS) is 24.6. The number of benzene rings is 1. The SMILES string of the molecule is CC(=O)Nc1cc(NC(=O)C2CCCCC2(C)N)ccc1Cl. The zero-order chi connectivity index (χ0) is 16.3. The van der Waals surface area contributed by atoms with Gasteiger partial charge in [0.1, 0.15) is 0 Å². The smallest absolute Gasteiger partial charge is 0.229 e. The average molecular weight is 324 g/mol. The molecule has 0 spiro atoms. The van der Waals surface area contributed by atoms with Crippen LogP contribution >= 0.6 is 11.6 Å². The summed E-state index contributed by atoms with van der Waals surface area (Å²) >= 11 is 6.02.